The van der Waals surface area contributed by atoms with Crippen LogP contribution in [0.25, 0.3) is 0 Å². The normalized spacial score (nSPS) is 16.1. The summed E-state index contributed by atoms with van der Waals surface area (Å²) in [4.78, 5) is 6.02. The van der Waals surface area contributed by atoms with Crippen molar-refractivity contribution in [3.63, 3.8) is 0 Å². The first-order valence-corrected chi connectivity index (χ1v) is 13.1. The Morgan fingerprint density at radius 2 is 1.71 bits per heavy atom. The molecule has 0 unspecified atom stereocenters. The molecular formula is C23H24Cl2N6O2S. The molecule has 2 aromatic carbocycles. The Balaban J connectivity index is 1.52. The molecule has 178 valence electrons. The van der Waals surface area contributed by atoms with Crippen molar-refractivity contribution < 1.29 is 8.95 Å². The lowest BCUT2D eigenvalue weighted by Crippen LogP contribution is -2.39. The lowest BCUT2D eigenvalue weighted by molar-refractivity contribution is 0.214. The van der Waals surface area contributed by atoms with E-state index in [0.29, 0.717) is 62.8 Å². The van der Waals surface area contributed by atoms with Crippen molar-refractivity contribution in [2.75, 3.05) is 35.2 Å². The number of pyridine rings is 1. The molecule has 1 aliphatic heterocycles. The van der Waals surface area contributed by atoms with Crippen LogP contribution in [0.1, 0.15) is 22.9 Å². The standard InChI is InChI=1S/C23H24Cl2N6O2S/c24-18-12-30-13-19(25)21(18)23(28)33-16-5-6-20(26)17(11-16)22(27)14-1-3-15(4-2-14)31-7-9-34(29,32)10-8-31/h1-6,11-13,23,27,29H,7-10,26,28H2/t23-/m0/s1. The molecule has 2 heterocycles. The molecule has 1 aliphatic rings. The van der Waals surface area contributed by atoms with E-state index in [4.69, 9.17) is 49.6 Å². The second kappa shape index (κ2) is 9.79. The fourth-order valence-corrected chi connectivity index (χ4v) is 5.52. The van der Waals surface area contributed by atoms with Gasteiger partial charge in [-0.05, 0) is 30.3 Å². The highest BCUT2D eigenvalue weighted by atomic mass is 35.5. The third-order valence-electron chi connectivity index (χ3n) is 5.64. The van der Waals surface area contributed by atoms with E-state index in [9.17, 15) is 4.21 Å². The summed E-state index contributed by atoms with van der Waals surface area (Å²) >= 11 is 12.3. The van der Waals surface area contributed by atoms with Crippen LogP contribution in [0.3, 0.4) is 0 Å². The molecule has 6 N–H and O–H groups in total. The third-order valence-corrected chi connectivity index (χ3v) is 7.92. The van der Waals surface area contributed by atoms with E-state index in [-0.39, 0.29) is 5.71 Å². The molecule has 0 aliphatic carbocycles. The highest BCUT2D eigenvalue weighted by molar-refractivity contribution is 7.92. The van der Waals surface area contributed by atoms with Crippen LogP contribution in [-0.4, -0.2) is 39.5 Å². The van der Waals surface area contributed by atoms with Crippen molar-refractivity contribution in [2.45, 2.75) is 6.23 Å². The number of halogens is 2. The fraction of sp³-hybridized carbons (Fsp3) is 0.217. The number of nitrogen functional groups attached to an aromatic ring is 1. The molecule has 4 rings (SSSR count). The number of ether oxygens (including phenoxy) is 1. The van der Waals surface area contributed by atoms with E-state index >= 15 is 0 Å². The Morgan fingerprint density at radius 1 is 1.09 bits per heavy atom. The van der Waals surface area contributed by atoms with Crippen LogP contribution in [0.15, 0.2) is 54.9 Å². The van der Waals surface area contributed by atoms with Crippen molar-refractivity contribution in [3.05, 3.63) is 81.6 Å². The number of aromatic nitrogens is 1. The molecule has 0 saturated carbocycles. The summed E-state index contributed by atoms with van der Waals surface area (Å²) in [7, 11) is -2.45. The van der Waals surface area contributed by atoms with Gasteiger partial charge in [0.25, 0.3) is 0 Å². The summed E-state index contributed by atoms with van der Waals surface area (Å²) in [5.41, 5.74) is 15.5. The molecule has 8 nitrogen and oxygen atoms in total. The van der Waals surface area contributed by atoms with Crippen molar-refractivity contribution >= 4 is 50.0 Å². The van der Waals surface area contributed by atoms with Crippen LogP contribution in [0, 0.1) is 10.2 Å². The van der Waals surface area contributed by atoms with Gasteiger partial charge in [-0.15, -0.1) is 0 Å². The number of hydrogen-bond donors (Lipinski definition) is 4. The van der Waals surface area contributed by atoms with Crippen molar-refractivity contribution in [3.8, 4) is 5.75 Å². The summed E-state index contributed by atoms with van der Waals surface area (Å²) in [5.74, 6) is 1.15. The van der Waals surface area contributed by atoms with E-state index in [1.807, 2.05) is 24.3 Å². The molecule has 3 aromatic rings. The van der Waals surface area contributed by atoms with Crippen molar-refractivity contribution in [1.82, 2.24) is 4.98 Å². The maximum Gasteiger partial charge on any atom is 0.177 e. The average molecular weight is 519 g/mol. The number of hydrogen-bond acceptors (Lipinski definition) is 8. The topological polar surface area (TPSA) is 142 Å². The summed E-state index contributed by atoms with van der Waals surface area (Å²) in [6, 6.07) is 12.5. The molecule has 1 fully saturated rings. The first-order chi connectivity index (χ1) is 16.1. The first kappa shape index (κ1) is 24.3. The molecule has 0 bridgehead atoms. The number of nitrogens with one attached hydrogen (secondary N) is 2. The maximum absolute atomic E-state index is 11.9. The molecule has 34 heavy (non-hydrogen) atoms. The van der Waals surface area contributed by atoms with E-state index < -0.39 is 16.0 Å². The summed E-state index contributed by atoms with van der Waals surface area (Å²) in [6.45, 7) is 1.16. The lowest BCUT2D eigenvalue weighted by atomic mass is 10.00. The van der Waals surface area contributed by atoms with Gasteiger partial charge < -0.3 is 15.4 Å². The Hall–Kier alpha value is -2.85. The van der Waals surface area contributed by atoms with E-state index in [0.717, 1.165) is 5.69 Å². The Bertz CT molecular complexity index is 1300. The molecule has 0 amide bonds. The second-order valence-electron chi connectivity index (χ2n) is 7.93. The van der Waals surface area contributed by atoms with Gasteiger partial charge in [0.1, 0.15) is 5.75 Å². The number of anilines is 2. The number of nitrogens with two attached hydrogens (primary N) is 2. The maximum atomic E-state index is 11.9. The van der Waals surface area contributed by atoms with E-state index in [1.165, 1.54) is 12.4 Å². The zero-order valence-electron chi connectivity index (χ0n) is 18.1. The predicted octanol–water partition coefficient (Wildman–Crippen LogP) is 4.29. The number of benzene rings is 2. The summed E-state index contributed by atoms with van der Waals surface area (Å²) in [6.07, 6.45) is 1.94. The highest BCUT2D eigenvalue weighted by Gasteiger charge is 2.20. The minimum Gasteiger partial charge on any atom is -0.471 e. The summed E-state index contributed by atoms with van der Waals surface area (Å²) in [5, 5.41) is 9.28. The molecule has 1 saturated heterocycles. The minimum absolute atomic E-state index is 0.232. The molecule has 0 radical (unpaired) electrons. The fourth-order valence-electron chi connectivity index (χ4n) is 3.71. The Labute approximate surface area is 208 Å². The van der Waals surface area contributed by atoms with E-state index in [2.05, 4.69) is 9.88 Å². The van der Waals surface area contributed by atoms with Crippen LogP contribution in [0.5, 0.6) is 5.75 Å². The van der Waals surface area contributed by atoms with Gasteiger partial charge in [0.15, 0.2) is 6.23 Å². The lowest BCUT2D eigenvalue weighted by Gasteiger charge is -2.30. The number of nitrogens with zero attached hydrogens (tertiary/aromatic N) is 2. The molecular weight excluding hydrogens is 495 g/mol. The van der Waals surface area contributed by atoms with Crippen LogP contribution >= 0.6 is 23.2 Å². The second-order valence-corrected chi connectivity index (χ2v) is 11.2. The van der Waals surface area contributed by atoms with Crippen LogP contribution in [0.4, 0.5) is 11.4 Å². The van der Waals surface area contributed by atoms with Gasteiger partial charge in [-0.1, -0.05) is 35.3 Å². The van der Waals surface area contributed by atoms with Gasteiger partial charge in [0.05, 0.1) is 15.8 Å². The van der Waals surface area contributed by atoms with Crippen molar-refractivity contribution in [1.29, 1.82) is 10.2 Å². The van der Waals surface area contributed by atoms with Gasteiger partial charge in [-0.25, -0.2) is 4.21 Å². The highest BCUT2D eigenvalue weighted by Crippen LogP contribution is 2.31. The Morgan fingerprint density at radius 3 is 2.32 bits per heavy atom. The zero-order valence-corrected chi connectivity index (χ0v) is 20.5. The monoisotopic (exact) mass is 518 g/mol. The van der Waals surface area contributed by atoms with Gasteiger partial charge in [0, 0.05) is 74.8 Å². The van der Waals surface area contributed by atoms with Gasteiger partial charge in [-0.2, -0.15) is 0 Å². The predicted molar refractivity (Wildman–Crippen MR) is 138 cm³/mol. The zero-order chi connectivity index (χ0) is 24.5. The smallest absolute Gasteiger partial charge is 0.177 e. The number of rotatable bonds is 6. The summed E-state index contributed by atoms with van der Waals surface area (Å²) < 4.78 is 25.5. The largest absolute Gasteiger partial charge is 0.471 e. The van der Waals surface area contributed by atoms with Gasteiger partial charge in [-0.3, -0.25) is 20.9 Å². The quantitative estimate of drug-likeness (QED) is 0.217. The molecule has 1 aromatic heterocycles. The Kier molecular flexibility index (Phi) is 6.99. The van der Waals surface area contributed by atoms with Crippen LogP contribution in [0.2, 0.25) is 10.0 Å². The third kappa shape index (κ3) is 5.28. The van der Waals surface area contributed by atoms with Crippen LogP contribution in [-0.2, 0) is 9.73 Å². The van der Waals surface area contributed by atoms with Crippen molar-refractivity contribution in [2.24, 2.45) is 5.73 Å². The molecule has 1 atom stereocenters. The average Bonchev–Trinajstić information content (AvgIpc) is 2.80. The minimum atomic E-state index is -2.45. The van der Waals surface area contributed by atoms with Crippen LogP contribution < -0.4 is 21.1 Å². The van der Waals surface area contributed by atoms with Gasteiger partial charge >= 0.3 is 0 Å². The van der Waals surface area contributed by atoms with E-state index in [1.54, 1.807) is 18.2 Å². The molecule has 11 heteroatoms. The first-order valence-electron chi connectivity index (χ1n) is 10.4. The SMILES string of the molecule is N=C(c1ccc(N2CCS(=N)(=O)CC2)cc1)c1cc(O[C@H](N)c2c(Cl)cncc2Cl)ccc1N. The van der Waals surface area contributed by atoms with Gasteiger partial charge in [0.2, 0.25) is 0 Å². The molecule has 0 spiro atoms.